The van der Waals surface area contributed by atoms with Gasteiger partial charge in [0.25, 0.3) is 0 Å². The van der Waals surface area contributed by atoms with Crippen LogP contribution in [0.25, 0.3) is 0 Å². The second kappa shape index (κ2) is 6.23. The third-order valence-corrected chi connectivity index (χ3v) is 10.5. The Labute approximate surface area is 208 Å². The number of carbonyl (C=O) groups excluding carboxylic acids is 1. The number of esters is 1. The highest BCUT2D eigenvalue weighted by Crippen LogP contribution is 3.11. The summed E-state index contributed by atoms with van der Waals surface area (Å²) >= 11 is 0. The summed E-state index contributed by atoms with van der Waals surface area (Å²) in [5.74, 6) is -3.13. The van der Waals surface area contributed by atoms with Crippen molar-refractivity contribution in [2.75, 3.05) is 7.11 Å². The van der Waals surface area contributed by atoms with E-state index in [0.717, 1.165) is 6.20 Å². The molecule has 0 radical (unpaired) electrons. The monoisotopic (exact) mass is 507 g/mol. The van der Waals surface area contributed by atoms with Gasteiger partial charge in [-0.25, -0.2) is 22.9 Å². The van der Waals surface area contributed by atoms with Gasteiger partial charge in [0.1, 0.15) is 23.4 Å². The lowest BCUT2D eigenvalue weighted by Gasteiger charge is -3.10. The zero-order valence-electron chi connectivity index (χ0n) is 19.6. The van der Waals surface area contributed by atoms with Gasteiger partial charge in [-0.2, -0.15) is 0 Å². The van der Waals surface area contributed by atoms with E-state index in [4.69, 9.17) is 4.74 Å². The fourth-order valence-corrected chi connectivity index (χ4v) is 9.52. The number of nitrogens with one attached hydrogen (secondary N) is 1. The van der Waals surface area contributed by atoms with E-state index in [0.29, 0.717) is 17.3 Å². The average molecular weight is 507 g/mol. The second-order valence-corrected chi connectivity index (χ2v) is 11.0. The topological polar surface area (TPSA) is 101 Å². The maximum Gasteiger partial charge on any atom is 0.338 e. The zero-order chi connectivity index (χ0) is 25.8. The summed E-state index contributed by atoms with van der Waals surface area (Å²) in [5, 5.41) is 13.1. The Kier molecular flexibility index (Phi) is 3.60. The molecule has 2 aromatic rings. The lowest BCUT2D eigenvalue weighted by molar-refractivity contribution is -0.633. The van der Waals surface area contributed by atoms with Crippen LogP contribution in [0.2, 0.25) is 0 Å². The van der Waals surface area contributed by atoms with Gasteiger partial charge in [-0.1, -0.05) is 12.1 Å². The van der Waals surface area contributed by atoms with Crippen LogP contribution in [0.15, 0.2) is 46.7 Å². The quantitative estimate of drug-likeness (QED) is 0.604. The van der Waals surface area contributed by atoms with Crippen molar-refractivity contribution in [2.45, 2.75) is 13.0 Å². The molecule has 0 saturated heterocycles. The van der Waals surface area contributed by atoms with Crippen molar-refractivity contribution < 1.29 is 32.6 Å². The van der Waals surface area contributed by atoms with E-state index in [1.54, 1.807) is 13.0 Å². The molecule has 1 aromatic heterocycles. The molecule has 7 aliphatic rings. The minimum Gasteiger partial charge on any atom is -0.481 e. The molecule has 6 fully saturated rings. The van der Waals surface area contributed by atoms with Crippen LogP contribution in [0.5, 0.6) is 0 Å². The molecule has 0 spiro atoms. The molecule has 0 amide bonds. The lowest BCUT2D eigenvalue weighted by atomic mass is 8.92. The zero-order valence-corrected chi connectivity index (χ0v) is 19.6. The van der Waals surface area contributed by atoms with Crippen molar-refractivity contribution >= 4 is 17.8 Å². The number of carboxylic acid groups (broad SMARTS) is 1. The number of hydrogen-bond donors (Lipinski definition) is 2. The Hall–Kier alpha value is -3.69. The van der Waals surface area contributed by atoms with Crippen LogP contribution in [0, 0.1) is 70.7 Å². The van der Waals surface area contributed by atoms with Crippen molar-refractivity contribution in [1.29, 1.82) is 0 Å². The number of carbonyl (C=O) groups is 2. The first-order valence-electron chi connectivity index (χ1n) is 12.2. The highest BCUT2D eigenvalue weighted by molar-refractivity contribution is 6.04. The molecule has 1 unspecified atom stereocenters. The molecular weight excluding hydrogens is 487 g/mol. The number of aliphatic carboxylic acids is 1. The summed E-state index contributed by atoms with van der Waals surface area (Å²) in [6.07, 6.45) is 0.880. The standard InChI is InChI=1S/C27H20F3N3O4/c1-8-10(4-3-5-11(8)29)20-13(24(34)37-2)22(33-23(32-20)21-12(30)6-9(28)7-31-21)26-14-17-15(26)19-16(26)18(14)27(17,19)25(35)36/h3-7,14-20H,1-2H3,(H,32,33)(H,35,36). The Morgan fingerprint density at radius 2 is 1.73 bits per heavy atom. The predicted octanol–water partition coefficient (Wildman–Crippen LogP) is 3.15. The van der Waals surface area contributed by atoms with Gasteiger partial charge in [0, 0.05) is 17.2 Å². The molecule has 1 aliphatic heterocycles. The van der Waals surface area contributed by atoms with E-state index in [9.17, 15) is 27.9 Å². The third-order valence-electron chi connectivity index (χ3n) is 10.5. The Morgan fingerprint density at radius 3 is 2.32 bits per heavy atom. The van der Waals surface area contributed by atoms with E-state index in [2.05, 4.69) is 15.3 Å². The van der Waals surface area contributed by atoms with E-state index < -0.39 is 46.3 Å². The Bertz CT molecular complexity index is 1510. The summed E-state index contributed by atoms with van der Waals surface area (Å²) in [4.78, 5) is 33.9. The lowest BCUT2D eigenvalue weighted by Crippen LogP contribution is -3.11. The maximum atomic E-state index is 14.9. The van der Waals surface area contributed by atoms with Gasteiger partial charge in [0.2, 0.25) is 0 Å². The van der Waals surface area contributed by atoms with Gasteiger partial charge in [0.15, 0.2) is 11.7 Å². The number of allylic oxidation sites excluding steroid dienone is 1. The number of benzene rings is 1. The van der Waals surface area contributed by atoms with Crippen molar-refractivity contribution in [3.8, 4) is 0 Å². The summed E-state index contributed by atoms with van der Waals surface area (Å²) < 4.78 is 48.3. The van der Waals surface area contributed by atoms with E-state index in [-0.39, 0.29) is 58.2 Å². The number of halogens is 3. The van der Waals surface area contributed by atoms with Gasteiger partial charge in [-0.05, 0) is 59.6 Å². The summed E-state index contributed by atoms with van der Waals surface area (Å²) in [6, 6.07) is 4.16. The molecule has 1 aromatic carbocycles. The number of methoxy groups -OCH3 is 1. The predicted molar refractivity (Wildman–Crippen MR) is 120 cm³/mol. The summed E-state index contributed by atoms with van der Waals surface area (Å²) in [6.45, 7) is 1.58. The molecule has 188 valence electrons. The van der Waals surface area contributed by atoms with Crippen LogP contribution in [0.3, 0.4) is 0 Å². The fourth-order valence-electron chi connectivity index (χ4n) is 9.52. The van der Waals surface area contributed by atoms with Gasteiger partial charge < -0.3 is 15.2 Å². The highest BCUT2D eigenvalue weighted by atomic mass is 19.1. The number of amidine groups is 1. The third kappa shape index (κ3) is 1.89. The average Bonchev–Trinajstić information content (AvgIpc) is 2.88. The highest BCUT2D eigenvalue weighted by Gasteiger charge is 3.12. The van der Waals surface area contributed by atoms with Gasteiger partial charge in [0.05, 0.1) is 24.3 Å². The van der Waals surface area contributed by atoms with E-state index in [1.165, 1.54) is 19.2 Å². The van der Waals surface area contributed by atoms with Gasteiger partial charge >= 0.3 is 11.9 Å². The van der Waals surface area contributed by atoms with Crippen molar-refractivity contribution in [3.05, 3.63) is 76.0 Å². The number of hydrogen-bond acceptors (Lipinski definition) is 6. The number of aliphatic imine (C=N–C) groups is 1. The molecule has 10 heteroatoms. The van der Waals surface area contributed by atoms with Crippen molar-refractivity contribution in [3.63, 3.8) is 0 Å². The maximum absolute atomic E-state index is 14.9. The normalized spacial score (nSPS) is 40.6. The molecule has 9 rings (SSSR count). The van der Waals surface area contributed by atoms with Crippen molar-refractivity contribution in [1.82, 2.24) is 10.3 Å². The number of ether oxygens (including phenoxy) is 1. The summed E-state index contributed by atoms with van der Waals surface area (Å²) in [5.41, 5.74) is 0.151. The number of nitrogens with zero attached hydrogens (tertiary/aromatic N) is 2. The van der Waals surface area contributed by atoms with Crippen LogP contribution >= 0.6 is 0 Å². The smallest absolute Gasteiger partial charge is 0.338 e. The molecule has 1 atom stereocenters. The van der Waals surface area contributed by atoms with E-state index in [1.807, 2.05) is 0 Å². The number of pyridine rings is 1. The molecule has 6 aliphatic carbocycles. The first-order chi connectivity index (χ1) is 17.7. The second-order valence-electron chi connectivity index (χ2n) is 11.0. The number of aromatic nitrogens is 1. The SMILES string of the molecule is COC(=O)C1=C(C23C4C5C2C2C3C4C52C(=O)O)NC(c2ncc(F)cc2F)=NC1c1cccc(F)c1C. The van der Waals surface area contributed by atoms with Crippen molar-refractivity contribution in [2.24, 2.45) is 51.3 Å². The fraction of sp³-hybridized carbons (Fsp3) is 0.407. The molecule has 37 heavy (non-hydrogen) atoms. The van der Waals surface area contributed by atoms with Gasteiger partial charge in [-0.3, -0.25) is 9.79 Å². The minimum absolute atomic E-state index is 0.00966. The van der Waals surface area contributed by atoms with Crippen LogP contribution in [-0.2, 0) is 14.3 Å². The van der Waals surface area contributed by atoms with Crippen LogP contribution < -0.4 is 5.32 Å². The molecular formula is C27H20F3N3O4. The van der Waals surface area contributed by atoms with E-state index >= 15 is 0 Å². The number of rotatable bonds is 5. The molecule has 6 saturated carbocycles. The molecule has 2 heterocycles. The molecule has 7 nitrogen and oxygen atoms in total. The van der Waals surface area contributed by atoms with Crippen LogP contribution in [0.4, 0.5) is 13.2 Å². The van der Waals surface area contributed by atoms with Crippen LogP contribution in [-0.4, -0.2) is 35.0 Å². The molecule has 0 bridgehead atoms. The number of carboxylic acids is 1. The Morgan fingerprint density at radius 1 is 1.05 bits per heavy atom. The van der Waals surface area contributed by atoms with Gasteiger partial charge in [-0.15, -0.1) is 0 Å². The largest absolute Gasteiger partial charge is 0.481 e. The first kappa shape index (κ1) is 21.4. The molecule has 2 N–H and O–H groups in total. The Balaban J connectivity index is 1.32. The minimum atomic E-state index is -1.02. The summed E-state index contributed by atoms with van der Waals surface area (Å²) in [7, 11) is 1.25. The first-order valence-corrected chi connectivity index (χ1v) is 12.2. The van der Waals surface area contributed by atoms with Crippen LogP contribution in [0.1, 0.15) is 22.9 Å².